The summed E-state index contributed by atoms with van der Waals surface area (Å²) in [5.74, 6) is 0.760. The summed E-state index contributed by atoms with van der Waals surface area (Å²) >= 11 is 0. The van der Waals surface area contributed by atoms with Gasteiger partial charge in [-0.3, -0.25) is 19.8 Å². The van der Waals surface area contributed by atoms with Crippen LogP contribution in [0.4, 0.5) is 10.5 Å². The largest absolute Gasteiger partial charge is 0.468 e. The zero-order chi connectivity index (χ0) is 20.4. The number of imide groups is 1. The van der Waals surface area contributed by atoms with Gasteiger partial charge in [0.05, 0.1) is 13.7 Å². The van der Waals surface area contributed by atoms with Crippen LogP contribution in [0.5, 0.6) is 11.5 Å². The van der Waals surface area contributed by atoms with Gasteiger partial charge in [-0.2, -0.15) is 0 Å². The van der Waals surface area contributed by atoms with E-state index in [1.165, 1.54) is 7.11 Å². The monoisotopic (exact) mass is 403 g/mol. The molecular weight excluding hydrogens is 378 g/mol. The van der Waals surface area contributed by atoms with Crippen LogP contribution in [0.25, 0.3) is 0 Å². The summed E-state index contributed by atoms with van der Waals surface area (Å²) in [6, 6.07) is 4.09. The minimum absolute atomic E-state index is 0.0184. The van der Waals surface area contributed by atoms with Gasteiger partial charge in [0, 0.05) is 17.8 Å². The first kappa shape index (κ1) is 19.5. The van der Waals surface area contributed by atoms with Gasteiger partial charge in [-0.05, 0) is 37.3 Å². The van der Waals surface area contributed by atoms with Gasteiger partial charge in [0.15, 0.2) is 11.5 Å². The molecule has 9 nitrogen and oxygen atoms in total. The van der Waals surface area contributed by atoms with E-state index in [2.05, 4.69) is 10.6 Å². The van der Waals surface area contributed by atoms with E-state index in [-0.39, 0.29) is 25.3 Å². The molecule has 2 heterocycles. The van der Waals surface area contributed by atoms with Crippen LogP contribution in [0.1, 0.15) is 32.1 Å². The molecular formula is C20H25N3O6. The van der Waals surface area contributed by atoms with Crippen LogP contribution in [0, 0.1) is 5.92 Å². The Labute approximate surface area is 168 Å². The van der Waals surface area contributed by atoms with Crippen molar-refractivity contribution in [3.05, 3.63) is 18.2 Å². The minimum atomic E-state index is -0.636. The number of nitrogens with zero attached hydrogens (tertiary/aromatic N) is 1. The fourth-order valence-electron chi connectivity index (χ4n) is 4.62. The standard InChI is InChI=1S/C20H25N3O6/c1-27-19(25)15-8-12-4-2-3-5-14(12)23(15)10-18(24)22-20(26)21-13-6-7-16-17(9-13)29-11-28-16/h6-7,9,12,14-15H,2-5,8,10-11H2,1H3,(H2,21,22,24,26). The lowest BCUT2D eigenvalue weighted by atomic mass is 9.85. The third-order valence-electron chi connectivity index (χ3n) is 5.90. The fraction of sp³-hybridized carbons (Fsp3) is 0.550. The maximum Gasteiger partial charge on any atom is 0.325 e. The van der Waals surface area contributed by atoms with E-state index in [9.17, 15) is 14.4 Å². The molecule has 9 heteroatoms. The molecule has 2 aliphatic heterocycles. The van der Waals surface area contributed by atoms with Crippen molar-refractivity contribution in [2.75, 3.05) is 25.8 Å². The predicted molar refractivity (Wildman–Crippen MR) is 103 cm³/mol. The normalized spacial score (nSPS) is 25.2. The number of hydrogen-bond acceptors (Lipinski definition) is 7. The number of amides is 3. The highest BCUT2D eigenvalue weighted by atomic mass is 16.7. The number of ether oxygens (including phenoxy) is 3. The molecule has 4 rings (SSSR count). The highest BCUT2D eigenvalue weighted by molar-refractivity contribution is 6.02. The van der Waals surface area contributed by atoms with Gasteiger partial charge in [0.1, 0.15) is 6.04 Å². The second kappa shape index (κ2) is 8.28. The number of carbonyl (C=O) groups excluding carboxylic acids is 3. The number of esters is 1. The highest BCUT2D eigenvalue weighted by Crippen LogP contribution is 2.39. The number of carbonyl (C=O) groups is 3. The molecule has 29 heavy (non-hydrogen) atoms. The number of methoxy groups -OCH3 is 1. The van der Waals surface area contributed by atoms with Crippen LogP contribution < -0.4 is 20.1 Å². The Balaban J connectivity index is 1.36. The molecule has 1 saturated heterocycles. The summed E-state index contributed by atoms with van der Waals surface area (Å²) in [6.07, 6.45) is 4.94. The fourth-order valence-corrected chi connectivity index (χ4v) is 4.62. The molecule has 1 saturated carbocycles. The molecule has 1 aromatic rings. The molecule has 0 spiro atoms. The summed E-state index contributed by atoms with van der Waals surface area (Å²) < 4.78 is 15.4. The number of rotatable bonds is 4. The number of benzene rings is 1. The van der Waals surface area contributed by atoms with Crippen LogP contribution in [0.3, 0.4) is 0 Å². The zero-order valence-electron chi connectivity index (χ0n) is 16.3. The van der Waals surface area contributed by atoms with E-state index in [0.717, 1.165) is 25.7 Å². The molecule has 1 aliphatic carbocycles. The van der Waals surface area contributed by atoms with Gasteiger partial charge < -0.3 is 19.5 Å². The predicted octanol–water partition coefficient (Wildman–Crippen LogP) is 1.87. The Bertz CT molecular complexity index is 813. The van der Waals surface area contributed by atoms with Crippen molar-refractivity contribution < 1.29 is 28.6 Å². The zero-order valence-corrected chi connectivity index (χ0v) is 16.3. The average molecular weight is 403 g/mol. The molecule has 3 aliphatic rings. The summed E-state index contributed by atoms with van der Waals surface area (Å²) in [6.45, 7) is 0.123. The quantitative estimate of drug-likeness (QED) is 0.739. The van der Waals surface area contributed by atoms with Crippen molar-refractivity contribution >= 4 is 23.6 Å². The summed E-state index contributed by atoms with van der Waals surface area (Å²) in [5, 5.41) is 4.95. The Morgan fingerprint density at radius 1 is 1.17 bits per heavy atom. The Morgan fingerprint density at radius 3 is 2.79 bits per heavy atom. The van der Waals surface area contributed by atoms with E-state index >= 15 is 0 Å². The second-order valence-corrected chi connectivity index (χ2v) is 7.63. The Kier molecular flexibility index (Phi) is 5.57. The molecule has 2 N–H and O–H groups in total. The van der Waals surface area contributed by atoms with Gasteiger partial charge in [-0.15, -0.1) is 0 Å². The van der Waals surface area contributed by atoms with Gasteiger partial charge >= 0.3 is 12.0 Å². The first-order chi connectivity index (χ1) is 14.0. The van der Waals surface area contributed by atoms with Gasteiger partial charge in [0.2, 0.25) is 12.7 Å². The van der Waals surface area contributed by atoms with Crippen molar-refractivity contribution in [2.24, 2.45) is 5.92 Å². The first-order valence-electron chi connectivity index (χ1n) is 9.89. The van der Waals surface area contributed by atoms with E-state index in [4.69, 9.17) is 14.2 Å². The maximum absolute atomic E-state index is 12.5. The SMILES string of the molecule is COC(=O)C1CC2CCCCC2N1CC(=O)NC(=O)Nc1ccc2c(c1)OCO2. The van der Waals surface area contributed by atoms with Crippen molar-refractivity contribution in [3.63, 3.8) is 0 Å². The van der Waals surface area contributed by atoms with E-state index < -0.39 is 18.0 Å². The molecule has 0 bridgehead atoms. The molecule has 1 aromatic carbocycles. The summed E-state index contributed by atoms with van der Waals surface area (Å²) in [7, 11) is 1.36. The maximum atomic E-state index is 12.5. The van der Waals surface area contributed by atoms with Crippen molar-refractivity contribution in [1.82, 2.24) is 10.2 Å². The number of urea groups is 1. The lowest BCUT2D eigenvalue weighted by Gasteiger charge is -2.32. The lowest BCUT2D eigenvalue weighted by molar-refractivity contribution is -0.146. The lowest BCUT2D eigenvalue weighted by Crippen LogP contribution is -2.49. The third-order valence-corrected chi connectivity index (χ3v) is 5.90. The molecule has 3 amide bonds. The molecule has 0 radical (unpaired) electrons. The van der Waals surface area contributed by atoms with Crippen LogP contribution in [-0.2, 0) is 14.3 Å². The smallest absolute Gasteiger partial charge is 0.325 e. The topological polar surface area (TPSA) is 106 Å². The van der Waals surface area contributed by atoms with Crippen LogP contribution in [0.2, 0.25) is 0 Å². The van der Waals surface area contributed by atoms with Crippen LogP contribution in [-0.4, -0.2) is 55.3 Å². The van der Waals surface area contributed by atoms with Crippen molar-refractivity contribution in [1.29, 1.82) is 0 Å². The van der Waals surface area contributed by atoms with E-state index in [0.29, 0.717) is 29.5 Å². The number of nitrogens with one attached hydrogen (secondary N) is 2. The molecule has 0 aromatic heterocycles. The van der Waals surface area contributed by atoms with Crippen LogP contribution in [0.15, 0.2) is 18.2 Å². The number of likely N-dealkylation sites (tertiary alicyclic amines) is 1. The number of fused-ring (bicyclic) bond motifs is 2. The molecule has 3 unspecified atom stereocenters. The van der Waals surface area contributed by atoms with Crippen molar-refractivity contribution in [3.8, 4) is 11.5 Å². The number of hydrogen-bond donors (Lipinski definition) is 2. The van der Waals surface area contributed by atoms with Gasteiger partial charge in [-0.25, -0.2) is 4.79 Å². The minimum Gasteiger partial charge on any atom is -0.468 e. The highest BCUT2D eigenvalue weighted by Gasteiger charge is 2.46. The first-order valence-corrected chi connectivity index (χ1v) is 9.89. The molecule has 2 fully saturated rings. The third kappa shape index (κ3) is 4.14. The van der Waals surface area contributed by atoms with Gasteiger partial charge in [0.25, 0.3) is 0 Å². The van der Waals surface area contributed by atoms with E-state index in [1.807, 2.05) is 4.90 Å². The summed E-state index contributed by atoms with van der Waals surface area (Å²) in [4.78, 5) is 38.8. The Morgan fingerprint density at radius 2 is 1.97 bits per heavy atom. The average Bonchev–Trinajstić information content (AvgIpc) is 3.31. The second-order valence-electron chi connectivity index (χ2n) is 7.63. The van der Waals surface area contributed by atoms with Gasteiger partial charge in [-0.1, -0.05) is 12.8 Å². The van der Waals surface area contributed by atoms with Crippen molar-refractivity contribution in [2.45, 2.75) is 44.2 Å². The number of anilines is 1. The van der Waals surface area contributed by atoms with E-state index in [1.54, 1.807) is 18.2 Å². The summed E-state index contributed by atoms with van der Waals surface area (Å²) in [5.41, 5.74) is 0.487. The van der Waals surface area contributed by atoms with Crippen LogP contribution >= 0.6 is 0 Å². The Hall–Kier alpha value is -2.81. The molecule has 156 valence electrons. The molecule has 3 atom stereocenters.